The zero-order valence-electron chi connectivity index (χ0n) is 11.2. The Morgan fingerprint density at radius 3 is 2.78 bits per heavy atom. The molecule has 1 fully saturated rings. The third kappa shape index (κ3) is 3.40. The third-order valence-electron chi connectivity index (χ3n) is 3.43. The van der Waals surface area contributed by atoms with Crippen LogP contribution in [0.3, 0.4) is 0 Å². The van der Waals surface area contributed by atoms with E-state index in [9.17, 15) is 4.79 Å². The highest BCUT2D eigenvalue weighted by molar-refractivity contribution is 5.98. The van der Waals surface area contributed by atoms with Crippen LogP contribution in [0.4, 0.5) is 0 Å². The van der Waals surface area contributed by atoms with E-state index in [1.807, 2.05) is 32.0 Å². The average molecular weight is 247 g/mol. The molecule has 1 aliphatic heterocycles. The van der Waals surface area contributed by atoms with Crippen molar-refractivity contribution < 1.29 is 9.53 Å². The van der Waals surface area contributed by atoms with E-state index in [0.717, 1.165) is 42.6 Å². The van der Waals surface area contributed by atoms with Gasteiger partial charge in [-0.05, 0) is 51.4 Å². The molecular formula is C15H21NO2. The molecule has 2 rings (SSSR count). The molecule has 0 bridgehead atoms. The van der Waals surface area contributed by atoms with Crippen LogP contribution in [0.1, 0.15) is 34.3 Å². The lowest BCUT2D eigenvalue weighted by Crippen LogP contribution is -2.33. The van der Waals surface area contributed by atoms with Crippen LogP contribution in [0.15, 0.2) is 18.2 Å². The first-order valence-corrected chi connectivity index (χ1v) is 6.59. The Hall–Kier alpha value is -1.19. The first-order valence-electron chi connectivity index (χ1n) is 6.59. The molecule has 0 aromatic heterocycles. The summed E-state index contributed by atoms with van der Waals surface area (Å²) in [6.45, 7) is 6.15. The van der Waals surface area contributed by atoms with Crippen molar-refractivity contribution in [1.29, 1.82) is 0 Å². The number of ether oxygens (including phenoxy) is 1. The summed E-state index contributed by atoms with van der Waals surface area (Å²) in [7, 11) is 0. The number of ketones is 1. The molecule has 0 saturated carbocycles. The van der Waals surface area contributed by atoms with E-state index in [2.05, 4.69) is 5.32 Å². The third-order valence-corrected chi connectivity index (χ3v) is 3.43. The van der Waals surface area contributed by atoms with Crippen molar-refractivity contribution in [1.82, 2.24) is 5.32 Å². The lowest BCUT2D eigenvalue weighted by Gasteiger charge is -2.22. The van der Waals surface area contributed by atoms with Crippen LogP contribution in [0.2, 0.25) is 0 Å². The van der Waals surface area contributed by atoms with Crippen molar-refractivity contribution >= 4 is 5.78 Å². The van der Waals surface area contributed by atoms with Crippen LogP contribution >= 0.6 is 0 Å². The van der Waals surface area contributed by atoms with Crippen LogP contribution in [0.25, 0.3) is 0 Å². The topological polar surface area (TPSA) is 38.3 Å². The number of Topliss-reactive ketones (excluding diaryl/α,β-unsaturated/α-hetero) is 1. The first kappa shape index (κ1) is 13.2. The van der Waals surface area contributed by atoms with E-state index < -0.39 is 0 Å². The van der Waals surface area contributed by atoms with Crippen molar-refractivity contribution in [2.45, 2.75) is 32.8 Å². The summed E-state index contributed by atoms with van der Waals surface area (Å²) in [6.07, 6.45) is 2.24. The zero-order valence-corrected chi connectivity index (χ0v) is 11.2. The van der Waals surface area contributed by atoms with E-state index in [1.54, 1.807) is 0 Å². The summed E-state index contributed by atoms with van der Waals surface area (Å²) in [5, 5.41) is 3.29. The van der Waals surface area contributed by atoms with E-state index in [0.29, 0.717) is 0 Å². The van der Waals surface area contributed by atoms with E-state index in [1.165, 1.54) is 0 Å². The van der Waals surface area contributed by atoms with Gasteiger partial charge in [-0.2, -0.15) is 0 Å². The number of rotatable bonds is 4. The molecule has 0 radical (unpaired) electrons. The molecule has 1 saturated heterocycles. The number of carbonyl (C=O) groups excluding carboxylic acids is 1. The Bertz CT molecular complexity index is 423. The average Bonchev–Trinajstić information content (AvgIpc) is 2.40. The molecule has 18 heavy (non-hydrogen) atoms. The molecule has 1 N–H and O–H groups in total. The minimum Gasteiger partial charge on any atom is -0.370 e. The first-order chi connectivity index (χ1) is 8.66. The SMILES string of the molecule is Cc1ccc(C)c(C(=O)COC2CCNCC2)c1. The summed E-state index contributed by atoms with van der Waals surface area (Å²) in [6, 6.07) is 5.97. The molecule has 1 aromatic carbocycles. The number of carbonyl (C=O) groups is 1. The Kier molecular flexibility index (Phi) is 4.50. The molecule has 98 valence electrons. The molecule has 0 amide bonds. The fourth-order valence-corrected chi connectivity index (χ4v) is 2.27. The van der Waals surface area contributed by atoms with Crippen molar-refractivity contribution in [3.8, 4) is 0 Å². The number of hydrogen-bond acceptors (Lipinski definition) is 3. The Labute approximate surface area is 109 Å². The van der Waals surface area contributed by atoms with Gasteiger partial charge in [0.2, 0.25) is 0 Å². The van der Waals surface area contributed by atoms with Gasteiger partial charge in [0, 0.05) is 5.56 Å². The Morgan fingerprint density at radius 1 is 1.33 bits per heavy atom. The largest absolute Gasteiger partial charge is 0.370 e. The molecule has 1 aliphatic rings. The molecule has 0 spiro atoms. The molecule has 3 heteroatoms. The second kappa shape index (κ2) is 6.12. The van der Waals surface area contributed by atoms with Crippen LogP contribution in [-0.2, 0) is 4.74 Å². The lowest BCUT2D eigenvalue weighted by atomic mass is 10.0. The summed E-state index contributed by atoms with van der Waals surface area (Å²) < 4.78 is 5.70. The zero-order chi connectivity index (χ0) is 13.0. The van der Waals surface area contributed by atoms with Gasteiger partial charge in [-0.1, -0.05) is 17.7 Å². The number of aryl methyl sites for hydroxylation is 2. The maximum Gasteiger partial charge on any atom is 0.188 e. The van der Waals surface area contributed by atoms with Gasteiger partial charge in [-0.3, -0.25) is 4.79 Å². The smallest absolute Gasteiger partial charge is 0.188 e. The monoisotopic (exact) mass is 247 g/mol. The number of hydrogen-bond donors (Lipinski definition) is 1. The maximum absolute atomic E-state index is 12.1. The number of benzene rings is 1. The molecular weight excluding hydrogens is 226 g/mol. The van der Waals surface area contributed by atoms with Gasteiger partial charge >= 0.3 is 0 Å². The maximum atomic E-state index is 12.1. The van der Waals surface area contributed by atoms with Gasteiger partial charge in [-0.15, -0.1) is 0 Å². The fourth-order valence-electron chi connectivity index (χ4n) is 2.27. The molecule has 1 heterocycles. The Morgan fingerprint density at radius 2 is 2.06 bits per heavy atom. The highest BCUT2D eigenvalue weighted by atomic mass is 16.5. The van der Waals surface area contributed by atoms with E-state index in [4.69, 9.17) is 4.74 Å². The van der Waals surface area contributed by atoms with Crippen molar-refractivity contribution in [2.75, 3.05) is 19.7 Å². The number of piperidine rings is 1. The minimum absolute atomic E-state index is 0.0923. The minimum atomic E-state index is 0.0923. The van der Waals surface area contributed by atoms with Gasteiger partial charge in [0.15, 0.2) is 5.78 Å². The quantitative estimate of drug-likeness (QED) is 0.829. The van der Waals surface area contributed by atoms with E-state index in [-0.39, 0.29) is 18.5 Å². The standard InChI is InChI=1S/C15H21NO2/c1-11-3-4-12(2)14(9-11)15(17)10-18-13-5-7-16-8-6-13/h3-4,9,13,16H,5-8,10H2,1-2H3. The predicted octanol–water partition coefficient (Wildman–Crippen LogP) is 2.25. The molecule has 0 unspecified atom stereocenters. The lowest BCUT2D eigenvalue weighted by molar-refractivity contribution is 0.0317. The van der Waals surface area contributed by atoms with Gasteiger partial charge in [0.1, 0.15) is 6.61 Å². The second-order valence-electron chi connectivity index (χ2n) is 5.00. The Balaban J connectivity index is 1.92. The number of nitrogens with one attached hydrogen (secondary N) is 1. The van der Waals surface area contributed by atoms with Crippen LogP contribution in [0, 0.1) is 13.8 Å². The highest BCUT2D eigenvalue weighted by Gasteiger charge is 2.16. The van der Waals surface area contributed by atoms with Crippen LogP contribution in [-0.4, -0.2) is 31.6 Å². The van der Waals surface area contributed by atoms with Gasteiger partial charge < -0.3 is 10.1 Å². The predicted molar refractivity (Wildman–Crippen MR) is 72.1 cm³/mol. The second-order valence-corrected chi connectivity index (χ2v) is 5.00. The van der Waals surface area contributed by atoms with Crippen LogP contribution in [0.5, 0.6) is 0 Å². The molecule has 0 aliphatic carbocycles. The summed E-state index contributed by atoms with van der Waals surface area (Å²) >= 11 is 0. The summed E-state index contributed by atoms with van der Waals surface area (Å²) in [5.74, 6) is 0.0923. The van der Waals surface area contributed by atoms with Crippen LogP contribution < -0.4 is 5.32 Å². The fraction of sp³-hybridized carbons (Fsp3) is 0.533. The molecule has 0 atom stereocenters. The highest BCUT2D eigenvalue weighted by Crippen LogP contribution is 2.13. The normalized spacial score (nSPS) is 16.8. The summed E-state index contributed by atoms with van der Waals surface area (Å²) in [5.41, 5.74) is 2.94. The van der Waals surface area contributed by atoms with E-state index >= 15 is 0 Å². The molecule has 1 aromatic rings. The van der Waals surface area contributed by atoms with Gasteiger partial charge in [0.05, 0.1) is 6.10 Å². The summed E-state index contributed by atoms with van der Waals surface area (Å²) in [4.78, 5) is 12.1. The van der Waals surface area contributed by atoms with Gasteiger partial charge in [0.25, 0.3) is 0 Å². The van der Waals surface area contributed by atoms with Crippen molar-refractivity contribution in [2.24, 2.45) is 0 Å². The van der Waals surface area contributed by atoms with Crippen molar-refractivity contribution in [3.05, 3.63) is 34.9 Å². The molecule has 3 nitrogen and oxygen atoms in total. The van der Waals surface area contributed by atoms with Crippen molar-refractivity contribution in [3.63, 3.8) is 0 Å². The van der Waals surface area contributed by atoms with Gasteiger partial charge in [-0.25, -0.2) is 0 Å².